The minimum absolute atomic E-state index is 0.695. The van der Waals surface area contributed by atoms with Gasteiger partial charge in [0.05, 0.1) is 11.4 Å². The van der Waals surface area contributed by atoms with Gasteiger partial charge >= 0.3 is 0 Å². The highest BCUT2D eigenvalue weighted by Crippen LogP contribution is 2.41. The topological polar surface area (TPSA) is 38.9 Å². The molecule has 51 heavy (non-hydrogen) atoms. The fourth-order valence-corrected chi connectivity index (χ4v) is 7.51. The van der Waals surface area contributed by atoms with E-state index in [1.807, 2.05) is 6.07 Å². The summed E-state index contributed by atoms with van der Waals surface area (Å²) in [6.07, 6.45) is 6.73. The van der Waals surface area contributed by atoms with Gasteiger partial charge in [0.25, 0.3) is 0 Å². The lowest BCUT2D eigenvalue weighted by Gasteiger charge is -2.13. The summed E-state index contributed by atoms with van der Waals surface area (Å²) in [5.41, 5.74) is 14.1. The van der Waals surface area contributed by atoms with Crippen molar-refractivity contribution < 1.29 is 4.42 Å². The Labute approximate surface area is 296 Å². The van der Waals surface area contributed by atoms with Crippen molar-refractivity contribution in [1.29, 1.82) is 0 Å². The van der Waals surface area contributed by atoms with E-state index in [0.29, 0.717) is 5.82 Å². The number of benzene rings is 7. The third kappa shape index (κ3) is 5.22. The molecule has 2 aromatic heterocycles. The summed E-state index contributed by atoms with van der Waals surface area (Å²) in [6.45, 7) is 0. The van der Waals surface area contributed by atoms with Gasteiger partial charge in [0, 0.05) is 32.8 Å². The number of aryl methyl sites for hydroxylation is 1. The van der Waals surface area contributed by atoms with E-state index >= 15 is 0 Å². The normalized spacial score (nSPS) is 12.5. The predicted molar refractivity (Wildman–Crippen MR) is 211 cm³/mol. The number of hydrogen-bond donors (Lipinski definition) is 0. The van der Waals surface area contributed by atoms with Crippen molar-refractivity contribution in [3.63, 3.8) is 0 Å². The molecule has 0 fully saturated rings. The number of fused-ring (bicyclic) bond motifs is 6. The first-order chi connectivity index (χ1) is 25.2. The molecule has 2 heterocycles. The highest BCUT2D eigenvalue weighted by molar-refractivity contribution is 6.19. The molecule has 240 valence electrons. The fourth-order valence-electron chi connectivity index (χ4n) is 7.51. The van der Waals surface area contributed by atoms with Gasteiger partial charge < -0.3 is 4.42 Å². The molecule has 9 aromatic rings. The highest BCUT2D eigenvalue weighted by atomic mass is 16.3. The average molecular weight is 653 g/mol. The zero-order valence-corrected chi connectivity index (χ0v) is 27.9. The Hall–Kier alpha value is -6.58. The summed E-state index contributed by atoms with van der Waals surface area (Å²) >= 11 is 0. The van der Waals surface area contributed by atoms with Crippen LogP contribution in [-0.2, 0) is 6.42 Å². The molecule has 0 bridgehead atoms. The number of allylic oxidation sites excluding steroid dienone is 1. The van der Waals surface area contributed by atoms with Gasteiger partial charge in [-0.1, -0.05) is 133 Å². The second kappa shape index (κ2) is 12.1. The van der Waals surface area contributed by atoms with Gasteiger partial charge in [0.1, 0.15) is 11.2 Å². The summed E-state index contributed by atoms with van der Waals surface area (Å²) in [7, 11) is 0. The van der Waals surface area contributed by atoms with Crippen molar-refractivity contribution in [2.24, 2.45) is 0 Å². The smallest absolute Gasteiger partial charge is 0.160 e. The Balaban J connectivity index is 1.11. The van der Waals surface area contributed by atoms with E-state index in [1.54, 1.807) is 0 Å². The molecule has 0 aliphatic heterocycles. The molecule has 3 nitrogen and oxygen atoms in total. The number of nitrogens with zero attached hydrogens (tertiary/aromatic N) is 2. The summed E-state index contributed by atoms with van der Waals surface area (Å²) in [4.78, 5) is 10.3. The molecule has 7 aromatic carbocycles. The molecule has 0 radical (unpaired) electrons. The van der Waals surface area contributed by atoms with Crippen LogP contribution in [0.5, 0.6) is 0 Å². The van der Waals surface area contributed by atoms with Crippen molar-refractivity contribution in [2.45, 2.75) is 12.8 Å². The Morgan fingerprint density at radius 2 is 1.12 bits per heavy atom. The van der Waals surface area contributed by atoms with Crippen LogP contribution in [0.2, 0.25) is 0 Å². The van der Waals surface area contributed by atoms with Gasteiger partial charge in [-0.25, -0.2) is 9.97 Å². The monoisotopic (exact) mass is 652 g/mol. The third-order valence-electron chi connectivity index (χ3n) is 10.2. The van der Waals surface area contributed by atoms with Crippen LogP contribution in [0, 0.1) is 0 Å². The highest BCUT2D eigenvalue weighted by Gasteiger charge is 2.17. The first-order valence-corrected chi connectivity index (χ1v) is 17.5. The molecule has 0 saturated carbocycles. The molecule has 0 unspecified atom stereocenters. The quantitative estimate of drug-likeness (QED) is 0.186. The summed E-state index contributed by atoms with van der Waals surface area (Å²) in [6, 6.07) is 55.7. The maximum Gasteiger partial charge on any atom is 0.160 e. The molecular weight excluding hydrogens is 621 g/mol. The van der Waals surface area contributed by atoms with E-state index in [0.717, 1.165) is 68.2 Å². The molecule has 0 amide bonds. The second-order valence-electron chi connectivity index (χ2n) is 13.3. The molecule has 1 aliphatic rings. The van der Waals surface area contributed by atoms with Gasteiger partial charge in [-0.3, -0.25) is 0 Å². The fraction of sp³-hybridized carbons (Fsp3) is 0.0417. The van der Waals surface area contributed by atoms with Crippen molar-refractivity contribution >= 4 is 38.8 Å². The molecule has 3 heteroatoms. The van der Waals surface area contributed by atoms with Crippen LogP contribution in [0.4, 0.5) is 0 Å². The minimum Gasteiger partial charge on any atom is -0.455 e. The first kappa shape index (κ1) is 29.3. The zero-order chi connectivity index (χ0) is 33.7. The summed E-state index contributed by atoms with van der Waals surface area (Å²) < 4.78 is 6.58. The minimum atomic E-state index is 0.695. The number of furan rings is 1. The van der Waals surface area contributed by atoms with Gasteiger partial charge in [0.15, 0.2) is 5.82 Å². The van der Waals surface area contributed by atoms with Crippen molar-refractivity contribution in [3.8, 4) is 56.2 Å². The molecule has 0 atom stereocenters. The van der Waals surface area contributed by atoms with Crippen LogP contribution in [0.25, 0.3) is 94.9 Å². The van der Waals surface area contributed by atoms with Crippen molar-refractivity contribution in [2.75, 3.05) is 0 Å². The first-order valence-electron chi connectivity index (χ1n) is 17.5. The van der Waals surface area contributed by atoms with Gasteiger partial charge in [0.2, 0.25) is 0 Å². The molecule has 0 saturated heterocycles. The lowest BCUT2D eigenvalue weighted by molar-refractivity contribution is 0.673. The van der Waals surface area contributed by atoms with E-state index in [4.69, 9.17) is 14.4 Å². The Bertz CT molecular complexity index is 2780. The standard InChI is InChI=1S/C48H32N2O/c1-3-12-33(13-4-1)41-29-43-42-28-38(25-26-46(42)51-47(43)40-18-10-9-17-39(40)41)45-30-44(34-14-5-2-6-15-34)49-48(50-45)35-22-19-32(20-23-35)37-24-21-31-11-7-8-16-36(31)27-37/h1-6,8-10,12-30H,7,11H2. The van der Waals surface area contributed by atoms with Gasteiger partial charge in [-0.15, -0.1) is 0 Å². The van der Waals surface area contributed by atoms with Crippen LogP contribution in [0.1, 0.15) is 17.5 Å². The Kier molecular flexibility index (Phi) is 6.95. The third-order valence-corrected chi connectivity index (χ3v) is 10.2. The van der Waals surface area contributed by atoms with Crippen molar-refractivity contribution in [3.05, 3.63) is 175 Å². The summed E-state index contributed by atoms with van der Waals surface area (Å²) in [5, 5.41) is 4.45. The number of hydrogen-bond acceptors (Lipinski definition) is 3. The van der Waals surface area contributed by atoms with Crippen molar-refractivity contribution in [1.82, 2.24) is 9.97 Å². The Morgan fingerprint density at radius 3 is 1.92 bits per heavy atom. The van der Waals surface area contributed by atoms with E-state index < -0.39 is 0 Å². The van der Waals surface area contributed by atoms with Crippen LogP contribution in [-0.4, -0.2) is 9.97 Å². The number of rotatable bonds is 5. The van der Waals surface area contributed by atoms with E-state index in [-0.39, 0.29) is 0 Å². The lowest BCUT2D eigenvalue weighted by Crippen LogP contribution is -1.96. The molecule has 10 rings (SSSR count). The molecular formula is C48H32N2O. The molecule has 0 N–H and O–H groups in total. The average Bonchev–Trinajstić information content (AvgIpc) is 3.59. The molecule has 0 spiro atoms. The van der Waals surface area contributed by atoms with Crippen LogP contribution in [0.3, 0.4) is 0 Å². The zero-order valence-electron chi connectivity index (χ0n) is 27.9. The predicted octanol–water partition coefficient (Wildman–Crippen LogP) is 12.8. The van der Waals surface area contributed by atoms with Crippen LogP contribution >= 0.6 is 0 Å². The van der Waals surface area contributed by atoms with E-state index in [2.05, 4.69) is 164 Å². The Morgan fingerprint density at radius 1 is 0.451 bits per heavy atom. The lowest BCUT2D eigenvalue weighted by atomic mass is 9.93. The van der Waals surface area contributed by atoms with Gasteiger partial charge in [-0.05, 0) is 88.0 Å². The molecule has 1 aliphatic carbocycles. The van der Waals surface area contributed by atoms with E-state index in [1.165, 1.54) is 38.8 Å². The largest absolute Gasteiger partial charge is 0.455 e. The maximum absolute atomic E-state index is 6.58. The SMILES string of the molecule is C1=Cc2cc(-c3ccc(-c4nc(-c5ccccc5)cc(-c5ccc6oc7c8ccccc8c(-c8ccccc8)cc7c6c5)n4)cc3)ccc2CC1. The summed E-state index contributed by atoms with van der Waals surface area (Å²) in [5.74, 6) is 0.695. The van der Waals surface area contributed by atoms with E-state index in [9.17, 15) is 0 Å². The maximum atomic E-state index is 6.58. The van der Waals surface area contributed by atoms with Crippen LogP contribution in [0.15, 0.2) is 168 Å². The second-order valence-corrected chi connectivity index (χ2v) is 13.3. The number of aromatic nitrogens is 2. The van der Waals surface area contributed by atoms with Gasteiger partial charge in [-0.2, -0.15) is 0 Å². The van der Waals surface area contributed by atoms with Crippen LogP contribution < -0.4 is 0 Å².